The van der Waals surface area contributed by atoms with Crippen molar-refractivity contribution < 1.29 is 9.90 Å². The second-order valence-corrected chi connectivity index (χ2v) is 5.67. The quantitative estimate of drug-likeness (QED) is 0.864. The van der Waals surface area contributed by atoms with Crippen LogP contribution in [0.15, 0.2) is 24.3 Å². The van der Waals surface area contributed by atoms with E-state index in [-0.39, 0.29) is 11.7 Å². The average Bonchev–Trinajstić information content (AvgIpc) is 2.71. The number of rotatable bonds is 3. The molecular weight excluding hydrogens is 240 g/mol. The summed E-state index contributed by atoms with van der Waals surface area (Å²) in [6.07, 6.45) is 0.512. The van der Waals surface area contributed by atoms with Crippen LogP contribution in [-0.4, -0.2) is 35.0 Å². The number of phenolic OH excluding ortho intramolecular Hbond substituents is 1. The molecule has 3 N–H and O–H groups in total. The van der Waals surface area contributed by atoms with E-state index in [9.17, 15) is 9.90 Å². The van der Waals surface area contributed by atoms with Gasteiger partial charge >= 0.3 is 0 Å². The Bertz CT molecular complexity index is 434. The first-order chi connectivity index (χ1) is 8.97. The third-order valence-corrected chi connectivity index (χ3v) is 4.01. The number of phenols is 1. The Morgan fingerprint density at radius 3 is 2.37 bits per heavy atom. The van der Waals surface area contributed by atoms with E-state index in [4.69, 9.17) is 5.73 Å². The number of nitrogens with zero attached hydrogens (tertiary/aromatic N) is 1. The lowest BCUT2D eigenvalue weighted by atomic mass is 10.0. The summed E-state index contributed by atoms with van der Waals surface area (Å²) < 4.78 is 0. The van der Waals surface area contributed by atoms with Gasteiger partial charge in [-0.2, -0.15) is 0 Å². The van der Waals surface area contributed by atoms with Gasteiger partial charge in [0, 0.05) is 13.1 Å². The smallest absolute Gasteiger partial charge is 0.239 e. The highest BCUT2D eigenvalue weighted by Crippen LogP contribution is 2.22. The lowest BCUT2D eigenvalue weighted by Crippen LogP contribution is -2.44. The van der Waals surface area contributed by atoms with Crippen molar-refractivity contribution in [3.63, 3.8) is 0 Å². The molecule has 3 atom stereocenters. The van der Waals surface area contributed by atoms with Gasteiger partial charge in [0.1, 0.15) is 5.75 Å². The van der Waals surface area contributed by atoms with Gasteiger partial charge < -0.3 is 15.7 Å². The third kappa shape index (κ3) is 3.26. The molecule has 1 aliphatic rings. The molecule has 1 fully saturated rings. The molecule has 104 valence electrons. The summed E-state index contributed by atoms with van der Waals surface area (Å²) in [5.74, 6) is 1.35. The van der Waals surface area contributed by atoms with Crippen molar-refractivity contribution in [3.05, 3.63) is 29.8 Å². The zero-order valence-electron chi connectivity index (χ0n) is 11.5. The van der Waals surface area contributed by atoms with Crippen molar-refractivity contribution >= 4 is 5.91 Å². The molecule has 1 amide bonds. The van der Waals surface area contributed by atoms with Gasteiger partial charge in [-0.05, 0) is 36.0 Å². The van der Waals surface area contributed by atoms with Gasteiger partial charge in [-0.25, -0.2) is 0 Å². The topological polar surface area (TPSA) is 66.6 Å². The Balaban J connectivity index is 1.94. The Morgan fingerprint density at radius 1 is 1.32 bits per heavy atom. The molecule has 19 heavy (non-hydrogen) atoms. The zero-order valence-corrected chi connectivity index (χ0v) is 11.5. The summed E-state index contributed by atoms with van der Waals surface area (Å²) in [7, 11) is 0. The minimum Gasteiger partial charge on any atom is -0.508 e. The number of amides is 1. The number of benzene rings is 1. The molecule has 4 heteroatoms. The Morgan fingerprint density at radius 2 is 1.84 bits per heavy atom. The van der Waals surface area contributed by atoms with Gasteiger partial charge in [-0.3, -0.25) is 4.79 Å². The first-order valence-corrected chi connectivity index (χ1v) is 6.79. The molecule has 0 radical (unpaired) electrons. The monoisotopic (exact) mass is 262 g/mol. The van der Waals surface area contributed by atoms with Crippen LogP contribution in [-0.2, 0) is 11.2 Å². The second kappa shape index (κ2) is 5.61. The summed E-state index contributed by atoms with van der Waals surface area (Å²) in [6, 6.07) is 6.34. The maximum atomic E-state index is 12.3. The molecule has 1 aromatic carbocycles. The largest absolute Gasteiger partial charge is 0.508 e. The standard InChI is InChI=1S/C15H22N2O2/c1-10-8-17(9-11(10)2)15(19)14(16)7-12-3-5-13(18)6-4-12/h3-6,10-11,14,18H,7-9,16H2,1-2H3. The zero-order chi connectivity index (χ0) is 14.0. The van der Waals surface area contributed by atoms with Crippen LogP contribution in [0.3, 0.4) is 0 Å². The minimum absolute atomic E-state index is 0.0317. The maximum Gasteiger partial charge on any atom is 0.239 e. The van der Waals surface area contributed by atoms with Crippen molar-refractivity contribution in [3.8, 4) is 5.75 Å². The van der Waals surface area contributed by atoms with Gasteiger partial charge in [-0.1, -0.05) is 26.0 Å². The Hall–Kier alpha value is -1.55. The number of carbonyl (C=O) groups excluding carboxylic acids is 1. The number of hydrogen-bond acceptors (Lipinski definition) is 3. The van der Waals surface area contributed by atoms with Crippen LogP contribution in [0.4, 0.5) is 0 Å². The Labute approximate surface area is 114 Å². The van der Waals surface area contributed by atoms with Crippen LogP contribution in [0.2, 0.25) is 0 Å². The van der Waals surface area contributed by atoms with Crippen molar-refractivity contribution in [1.82, 2.24) is 4.90 Å². The molecule has 0 bridgehead atoms. The first-order valence-electron chi connectivity index (χ1n) is 6.79. The Kier molecular flexibility index (Phi) is 4.10. The highest BCUT2D eigenvalue weighted by atomic mass is 16.3. The van der Waals surface area contributed by atoms with Gasteiger partial charge in [0.05, 0.1) is 6.04 Å². The fourth-order valence-corrected chi connectivity index (χ4v) is 2.52. The van der Waals surface area contributed by atoms with E-state index in [2.05, 4.69) is 13.8 Å². The molecule has 0 aromatic heterocycles. The fourth-order valence-electron chi connectivity index (χ4n) is 2.52. The molecule has 1 saturated heterocycles. The van der Waals surface area contributed by atoms with Crippen LogP contribution in [0.25, 0.3) is 0 Å². The molecule has 2 rings (SSSR count). The van der Waals surface area contributed by atoms with Crippen molar-refractivity contribution in [2.75, 3.05) is 13.1 Å². The molecule has 4 nitrogen and oxygen atoms in total. The molecule has 1 aliphatic heterocycles. The van der Waals surface area contributed by atoms with E-state index in [1.165, 1.54) is 0 Å². The fraction of sp³-hybridized carbons (Fsp3) is 0.533. The number of hydrogen-bond donors (Lipinski definition) is 2. The SMILES string of the molecule is CC1CN(C(=O)C(N)Cc2ccc(O)cc2)CC1C. The van der Waals surface area contributed by atoms with Gasteiger partial charge in [-0.15, -0.1) is 0 Å². The van der Waals surface area contributed by atoms with Gasteiger partial charge in [0.15, 0.2) is 0 Å². The highest BCUT2D eigenvalue weighted by Gasteiger charge is 2.31. The maximum absolute atomic E-state index is 12.3. The average molecular weight is 262 g/mol. The van der Waals surface area contributed by atoms with E-state index in [0.29, 0.717) is 18.3 Å². The van der Waals surface area contributed by atoms with E-state index < -0.39 is 6.04 Å². The van der Waals surface area contributed by atoms with Crippen molar-refractivity contribution in [1.29, 1.82) is 0 Å². The van der Waals surface area contributed by atoms with E-state index in [1.807, 2.05) is 4.90 Å². The van der Waals surface area contributed by atoms with E-state index in [1.54, 1.807) is 24.3 Å². The van der Waals surface area contributed by atoms with Gasteiger partial charge in [0.25, 0.3) is 0 Å². The predicted molar refractivity (Wildman–Crippen MR) is 74.7 cm³/mol. The van der Waals surface area contributed by atoms with Crippen LogP contribution in [0.5, 0.6) is 5.75 Å². The third-order valence-electron chi connectivity index (χ3n) is 4.01. The van der Waals surface area contributed by atoms with Crippen molar-refractivity contribution in [2.45, 2.75) is 26.3 Å². The van der Waals surface area contributed by atoms with E-state index >= 15 is 0 Å². The second-order valence-electron chi connectivity index (χ2n) is 5.67. The number of carbonyl (C=O) groups is 1. The summed E-state index contributed by atoms with van der Waals surface area (Å²) in [5.41, 5.74) is 6.98. The molecule has 1 aromatic rings. The normalized spacial score (nSPS) is 24.5. The van der Waals surface area contributed by atoms with E-state index in [0.717, 1.165) is 18.7 Å². The molecule has 0 aliphatic carbocycles. The number of aromatic hydroxyl groups is 1. The van der Waals surface area contributed by atoms with Crippen LogP contribution < -0.4 is 5.73 Å². The van der Waals surface area contributed by atoms with Crippen LogP contribution in [0.1, 0.15) is 19.4 Å². The van der Waals surface area contributed by atoms with Gasteiger partial charge in [0.2, 0.25) is 5.91 Å². The molecule has 0 saturated carbocycles. The lowest BCUT2D eigenvalue weighted by Gasteiger charge is -2.20. The van der Waals surface area contributed by atoms with Crippen LogP contribution >= 0.6 is 0 Å². The predicted octanol–water partition coefficient (Wildman–Crippen LogP) is 1.38. The summed E-state index contributed by atoms with van der Waals surface area (Å²) in [4.78, 5) is 14.1. The van der Waals surface area contributed by atoms with Crippen LogP contribution in [0, 0.1) is 11.8 Å². The molecular formula is C15H22N2O2. The van der Waals surface area contributed by atoms with Crippen molar-refractivity contribution in [2.24, 2.45) is 17.6 Å². The lowest BCUT2D eigenvalue weighted by molar-refractivity contribution is -0.131. The summed E-state index contributed by atoms with van der Waals surface area (Å²) in [5, 5.41) is 9.22. The number of nitrogens with two attached hydrogens (primary N) is 1. The summed E-state index contributed by atoms with van der Waals surface area (Å²) in [6.45, 7) is 5.96. The first kappa shape index (κ1) is 13.9. The molecule has 0 spiro atoms. The minimum atomic E-state index is -0.498. The highest BCUT2D eigenvalue weighted by molar-refractivity contribution is 5.82. The number of likely N-dealkylation sites (tertiary alicyclic amines) is 1. The molecule has 1 heterocycles. The molecule has 3 unspecified atom stereocenters. The summed E-state index contributed by atoms with van der Waals surface area (Å²) >= 11 is 0.